The summed E-state index contributed by atoms with van der Waals surface area (Å²) in [5.41, 5.74) is 5.91. The first-order valence-electron chi connectivity index (χ1n) is 13.3. The molecule has 1 heterocycles. The van der Waals surface area contributed by atoms with Gasteiger partial charge in [-0.3, -0.25) is 5.43 Å². The summed E-state index contributed by atoms with van der Waals surface area (Å²) < 4.78 is 60.4. The lowest BCUT2D eigenvalue weighted by Gasteiger charge is -2.19. The van der Waals surface area contributed by atoms with E-state index in [-0.39, 0.29) is 5.57 Å². The second kappa shape index (κ2) is 15.5. The average Bonchev–Trinajstić information content (AvgIpc) is 2.96. The molecule has 0 saturated carbocycles. The Morgan fingerprint density at radius 2 is 1.69 bits per heavy atom. The summed E-state index contributed by atoms with van der Waals surface area (Å²) in [6.45, 7) is 6.70. The average molecular weight is 582 g/mol. The molecule has 3 aromatic rings. The van der Waals surface area contributed by atoms with Crippen LogP contribution < -0.4 is 15.5 Å². The van der Waals surface area contributed by atoms with E-state index >= 15 is 0 Å². The van der Waals surface area contributed by atoms with Crippen molar-refractivity contribution in [1.82, 2.24) is 15.2 Å². The zero-order valence-corrected chi connectivity index (χ0v) is 23.9. The number of nitrogens with one attached hydrogen (secondary N) is 2. The number of benzene rings is 2. The second-order valence-corrected chi connectivity index (χ2v) is 9.54. The van der Waals surface area contributed by atoms with E-state index < -0.39 is 18.6 Å². The van der Waals surface area contributed by atoms with Crippen LogP contribution in [0.5, 0.6) is 5.88 Å². The SMILES string of the molecule is C=C(/C=C/CNCCOc1ccc(/C(=C(/CC(F)(F)F)c2ccccc2)c2ccc(N/N=C(\C)F)cc2)cn1)N(C)C. The lowest BCUT2D eigenvalue weighted by Crippen LogP contribution is -2.21. The largest absolute Gasteiger partial charge is 0.476 e. The molecule has 0 amide bonds. The monoisotopic (exact) mass is 581 g/mol. The maximum atomic E-state index is 13.9. The Hall–Kier alpha value is -4.44. The highest BCUT2D eigenvalue weighted by molar-refractivity contribution is 5.98. The Bertz CT molecular complexity index is 1380. The fraction of sp³-hybridized carbons (Fsp3) is 0.250. The number of nitrogens with zero attached hydrogens (tertiary/aromatic N) is 3. The van der Waals surface area contributed by atoms with E-state index in [4.69, 9.17) is 4.74 Å². The molecule has 0 spiro atoms. The quantitative estimate of drug-likeness (QED) is 0.0522. The van der Waals surface area contributed by atoms with E-state index in [1.54, 1.807) is 66.7 Å². The first kappa shape index (κ1) is 32.1. The molecule has 10 heteroatoms. The zero-order valence-electron chi connectivity index (χ0n) is 23.9. The van der Waals surface area contributed by atoms with E-state index in [1.807, 2.05) is 31.1 Å². The third kappa shape index (κ3) is 10.5. The van der Waals surface area contributed by atoms with Gasteiger partial charge in [0.25, 0.3) is 0 Å². The summed E-state index contributed by atoms with van der Waals surface area (Å²) in [4.78, 5) is 6.29. The van der Waals surface area contributed by atoms with Crippen molar-refractivity contribution in [3.8, 4) is 5.88 Å². The summed E-state index contributed by atoms with van der Waals surface area (Å²) in [6.07, 6.45) is -0.200. The molecule has 3 rings (SSSR count). The van der Waals surface area contributed by atoms with Gasteiger partial charge in [0.05, 0.1) is 12.1 Å². The number of rotatable bonds is 14. The van der Waals surface area contributed by atoms with Crippen LogP contribution in [0.4, 0.5) is 23.2 Å². The van der Waals surface area contributed by atoms with Gasteiger partial charge >= 0.3 is 6.18 Å². The number of pyridine rings is 1. The Balaban J connectivity index is 1.86. The lowest BCUT2D eigenvalue weighted by molar-refractivity contribution is -0.122. The number of alkyl halides is 3. The van der Waals surface area contributed by atoms with Crippen molar-refractivity contribution < 1.29 is 22.3 Å². The molecule has 2 aromatic carbocycles. The molecule has 0 fully saturated rings. The van der Waals surface area contributed by atoms with Crippen LogP contribution in [-0.4, -0.2) is 55.8 Å². The van der Waals surface area contributed by atoms with Crippen LogP contribution in [0.15, 0.2) is 102 Å². The number of allylic oxidation sites excluding steroid dienone is 2. The molecule has 0 aliphatic heterocycles. The number of hydrogen-bond donors (Lipinski definition) is 2. The molecule has 42 heavy (non-hydrogen) atoms. The summed E-state index contributed by atoms with van der Waals surface area (Å²) >= 11 is 0. The molecule has 2 N–H and O–H groups in total. The molecule has 0 saturated heterocycles. The molecule has 222 valence electrons. The van der Waals surface area contributed by atoms with Gasteiger partial charge in [-0.1, -0.05) is 55.1 Å². The number of likely N-dealkylation sites (N-methyl/N-ethyl adjacent to an activating group) is 1. The smallest absolute Gasteiger partial charge is 0.393 e. The number of ether oxygens (including phenoxy) is 1. The van der Waals surface area contributed by atoms with Gasteiger partial charge in [-0.25, -0.2) is 4.98 Å². The van der Waals surface area contributed by atoms with E-state index in [2.05, 4.69) is 27.4 Å². The van der Waals surface area contributed by atoms with E-state index in [1.165, 1.54) is 13.1 Å². The van der Waals surface area contributed by atoms with E-state index in [9.17, 15) is 17.6 Å². The van der Waals surface area contributed by atoms with Crippen molar-refractivity contribution >= 4 is 22.8 Å². The van der Waals surface area contributed by atoms with Crippen LogP contribution in [0.3, 0.4) is 0 Å². The maximum Gasteiger partial charge on any atom is 0.393 e. The summed E-state index contributed by atoms with van der Waals surface area (Å²) in [5, 5.41) is 6.76. The van der Waals surface area contributed by atoms with Crippen molar-refractivity contribution in [3.63, 3.8) is 0 Å². The Labute approximate surface area is 244 Å². The molecule has 0 aliphatic rings. The van der Waals surface area contributed by atoms with Crippen LogP contribution in [0.1, 0.15) is 30.0 Å². The van der Waals surface area contributed by atoms with Gasteiger partial charge in [-0.2, -0.15) is 17.6 Å². The molecule has 0 bridgehead atoms. The molecule has 6 nitrogen and oxygen atoms in total. The molecule has 0 radical (unpaired) electrons. The van der Waals surface area contributed by atoms with Crippen molar-refractivity contribution in [3.05, 3.63) is 114 Å². The first-order chi connectivity index (χ1) is 20.0. The van der Waals surface area contributed by atoms with Gasteiger partial charge in [-0.15, -0.1) is 5.10 Å². The lowest BCUT2D eigenvalue weighted by atomic mass is 9.88. The number of hydrogen-bond acceptors (Lipinski definition) is 6. The minimum absolute atomic E-state index is 0.103. The van der Waals surface area contributed by atoms with E-state index in [0.717, 1.165) is 5.70 Å². The molecule has 0 unspecified atom stereocenters. The van der Waals surface area contributed by atoms with Crippen molar-refractivity contribution in [2.45, 2.75) is 19.5 Å². The van der Waals surface area contributed by atoms with Gasteiger partial charge in [0.15, 0.2) is 0 Å². The minimum atomic E-state index is -4.45. The predicted molar refractivity (Wildman–Crippen MR) is 162 cm³/mol. The maximum absolute atomic E-state index is 13.9. The highest BCUT2D eigenvalue weighted by Gasteiger charge is 2.31. The van der Waals surface area contributed by atoms with Crippen molar-refractivity contribution in [2.24, 2.45) is 5.10 Å². The van der Waals surface area contributed by atoms with Crippen molar-refractivity contribution in [2.75, 3.05) is 39.2 Å². The Morgan fingerprint density at radius 3 is 2.29 bits per heavy atom. The number of hydrazone groups is 1. The number of anilines is 1. The van der Waals surface area contributed by atoms with Crippen LogP contribution in [0.2, 0.25) is 0 Å². The van der Waals surface area contributed by atoms with Crippen LogP contribution in [0.25, 0.3) is 11.1 Å². The standard InChI is InChI=1S/C32H35F4N5O/c1-23(41(3)4)9-8-18-37-19-20-42-30-17-14-27(22-38-30)31(26-12-15-28(16-13-26)40-39-24(2)33)29(21-32(34,35)36)25-10-6-5-7-11-25/h5-17,22,37,40H,1,18-21H2,2-4H3/b9-8+,31-29-,39-24+. The topological polar surface area (TPSA) is 61.8 Å². The highest BCUT2D eigenvalue weighted by atomic mass is 19.4. The van der Waals surface area contributed by atoms with E-state index in [0.29, 0.717) is 53.5 Å². The van der Waals surface area contributed by atoms with Gasteiger partial charge in [0.2, 0.25) is 11.8 Å². The van der Waals surface area contributed by atoms with Crippen LogP contribution in [0, 0.1) is 0 Å². The minimum Gasteiger partial charge on any atom is -0.476 e. The Morgan fingerprint density at radius 1 is 1.00 bits per heavy atom. The normalized spacial score (nSPS) is 12.7. The van der Waals surface area contributed by atoms with Gasteiger partial charge in [-0.05, 0) is 46.5 Å². The third-order valence-electron chi connectivity index (χ3n) is 6.01. The first-order valence-corrected chi connectivity index (χ1v) is 13.3. The molecule has 1 aromatic heterocycles. The number of aromatic nitrogens is 1. The van der Waals surface area contributed by atoms with Gasteiger partial charge in [0.1, 0.15) is 6.61 Å². The molecular weight excluding hydrogens is 546 g/mol. The summed E-state index contributed by atoms with van der Waals surface area (Å²) in [5.74, 6) is -0.295. The predicted octanol–water partition coefficient (Wildman–Crippen LogP) is 7.31. The third-order valence-corrected chi connectivity index (χ3v) is 6.01. The second-order valence-electron chi connectivity index (χ2n) is 9.54. The van der Waals surface area contributed by atoms with Crippen molar-refractivity contribution in [1.29, 1.82) is 0 Å². The Kier molecular flexibility index (Phi) is 11.9. The summed E-state index contributed by atoms with van der Waals surface area (Å²) in [7, 11) is 3.84. The zero-order chi connectivity index (χ0) is 30.5. The number of halogens is 4. The fourth-order valence-corrected chi connectivity index (χ4v) is 3.91. The van der Waals surface area contributed by atoms with Crippen LogP contribution in [-0.2, 0) is 0 Å². The van der Waals surface area contributed by atoms with Gasteiger partial charge in [0, 0.05) is 57.6 Å². The molecule has 0 atom stereocenters. The summed E-state index contributed by atoms with van der Waals surface area (Å²) in [6, 6.07) is 18.4. The molecule has 0 aliphatic carbocycles. The fourth-order valence-electron chi connectivity index (χ4n) is 3.91. The molecular formula is C32H35F4N5O. The van der Waals surface area contributed by atoms with Gasteiger partial charge < -0.3 is 15.0 Å². The highest BCUT2D eigenvalue weighted by Crippen LogP contribution is 2.39. The van der Waals surface area contributed by atoms with Crippen LogP contribution >= 0.6 is 0 Å².